The molecule has 0 spiro atoms. The van der Waals surface area contributed by atoms with Crippen molar-refractivity contribution < 1.29 is 33.5 Å². The van der Waals surface area contributed by atoms with Crippen molar-refractivity contribution in [3.8, 4) is 5.75 Å². The predicted molar refractivity (Wildman–Crippen MR) is 104 cm³/mol. The summed E-state index contributed by atoms with van der Waals surface area (Å²) in [4.78, 5) is 35.6. The SMILES string of the molecule is CC(=O)C[C@H]1Cc2c(Cl)c(Cl)cc(C(=O)OCOC(=O)C(C)(C)C)c2OB1O. The summed E-state index contributed by atoms with van der Waals surface area (Å²) in [5.74, 6) is -1.98. The van der Waals surface area contributed by atoms with E-state index in [1.807, 2.05) is 0 Å². The Labute approximate surface area is 173 Å². The minimum absolute atomic E-state index is 0.0360. The van der Waals surface area contributed by atoms with Gasteiger partial charge in [0, 0.05) is 17.8 Å². The van der Waals surface area contributed by atoms with Crippen molar-refractivity contribution in [1.29, 1.82) is 0 Å². The van der Waals surface area contributed by atoms with Crippen LogP contribution in [-0.4, -0.2) is 36.7 Å². The van der Waals surface area contributed by atoms with Gasteiger partial charge in [0.2, 0.25) is 6.79 Å². The van der Waals surface area contributed by atoms with Crippen molar-refractivity contribution in [1.82, 2.24) is 0 Å². The van der Waals surface area contributed by atoms with Crippen molar-refractivity contribution in [2.45, 2.75) is 46.4 Å². The highest BCUT2D eigenvalue weighted by Crippen LogP contribution is 2.43. The van der Waals surface area contributed by atoms with Crippen LogP contribution in [-0.2, 0) is 25.5 Å². The van der Waals surface area contributed by atoms with Crippen molar-refractivity contribution in [3.63, 3.8) is 0 Å². The van der Waals surface area contributed by atoms with Crippen molar-refractivity contribution in [2.24, 2.45) is 5.41 Å². The van der Waals surface area contributed by atoms with Gasteiger partial charge in [0.15, 0.2) is 0 Å². The molecular formula is C18H21BCl2O7. The van der Waals surface area contributed by atoms with E-state index in [0.29, 0.717) is 5.56 Å². The Morgan fingerprint density at radius 3 is 2.50 bits per heavy atom. The molecule has 7 nitrogen and oxygen atoms in total. The van der Waals surface area contributed by atoms with Gasteiger partial charge in [-0.2, -0.15) is 0 Å². The lowest BCUT2D eigenvalue weighted by molar-refractivity contribution is -0.161. The van der Waals surface area contributed by atoms with Crippen LogP contribution in [0, 0.1) is 5.41 Å². The number of esters is 2. The van der Waals surface area contributed by atoms with Gasteiger partial charge in [-0.3, -0.25) is 4.79 Å². The molecule has 0 amide bonds. The summed E-state index contributed by atoms with van der Waals surface area (Å²) in [5, 5.41) is 10.5. The first-order chi connectivity index (χ1) is 12.9. The van der Waals surface area contributed by atoms with Crippen LogP contribution in [0.4, 0.5) is 0 Å². The van der Waals surface area contributed by atoms with Gasteiger partial charge < -0.3 is 23.9 Å². The topological polar surface area (TPSA) is 99.1 Å². The molecule has 28 heavy (non-hydrogen) atoms. The molecule has 2 rings (SSSR count). The number of carbonyl (C=O) groups is 3. The summed E-state index contributed by atoms with van der Waals surface area (Å²) in [7, 11) is -1.29. The van der Waals surface area contributed by atoms with E-state index in [-0.39, 0.29) is 40.0 Å². The van der Waals surface area contributed by atoms with Crippen LogP contribution in [0.3, 0.4) is 0 Å². The van der Waals surface area contributed by atoms with Crippen LogP contribution in [0.25, 0.3) is 0 Å². The van der Waals surface area contributed by atoms with Crippen molar-refractivity contribution >= 4 is 48.0 Å². The number of carbonyl (C=O) groups excluding carboxylic acids is 3. The molecule has 1 aromatic carbocycles. The van der Waals surface area contributed by atoms with E-state index in [9.17, 15) is 19.4 Å². The standard InChI is InChI=1S/C18H21BCl2O7/c1-9(22)5-10-6-11-14(21)13(20)7-12(15(11)28-19(10)25)16(23)26-8-27-17(24)18(2,3)4/h7,10,25H,5-6,8H2,1-4H3/t10-/m0/s1. The van der Waals surface area contributed by atoms with Gasteiger partial charge in [0.25, 0.3) is 0 Å². The fourth-order valence-electron chi connectivity index (χ4n) is 2.68. The normalized spacial score (nSPS) is 16.1. The van der Waals surface area contributed by atoms with Gasteiger partial charge in [0.05, 0.1) is 15.5 Å². The highest BCUT2D eigenvalue weighted by molar-refractivity contribution is 6.48. The number of halogens is 2. The Morgan fingerprint density at radius 1 is 1.29 bits per heavy atom. The van der Waals surface area contributed by atoms with E-state index in [1.54, 1.807) is 20.8 Å². The van der Waals surface area contributed by atoms with Gasteiger partial charge in [-0.05, 0) is 40.2 Å². The van der Waals surface area contributed by atoms with E-state index >= 15 is 0 Å². The minimum atomic E-state index is -1.29. The fourth-order valence-corrected chi connectivity index (χ4v) is 3.12. The van der Waals surface area contributed by atoms with Crippen LogP contribution in [0.15, 0.2) is 6.07 Å². The zero-order valence-electron chi connectivity index (χ0n) is 16.0. The largest absolute Gasteiger partial charge is 0.535 e. The first kappa shape index (κ1) is 22.5. The Kier molecular flexibility index (Phi) is 7.01. The molecule has 0 radical (unpaired) electrons. The molecule has 1 aromatic rings. The molecule has 0 aromatic heterocycles. The summed E-state index contributed by atoms with van der Waals surface area (Å²) >= 11 is 12.4. The first-order valence-electron chi connectivity index (χ1n) is 8.61. The summed E-state index contributed by atoms with van der Waals surface area (Å²) < 4.78 is 15.4. The maximum atomic E-state index is 12.4. The molecule has 0 bridgehead atoms. The second-order valence-corrected chi connectivity index (χ2v) is 8.42. The Balaban J connectivity index is 2.22. The number of Topliss-reactive ketones (excluding diaryl/α,β-unsaturated/α-hetero) is 1. The van der Waals surface area contributed by atoms with Crippen molar-refractivity contribution in [3.05, 3.63) is 27.2 Å². The van der Waals surface area contributed by atoms with Gasteiger partial charge in [0.1, 0.15) is 17.1 Å². The Morgan fingerprint density at radius 2 is 1.93 bits per heavy atom. The van der Waals surface area contributed by atoms with Crippen LogP contribution in [0.5, 0.6) is 5.75 Å². The fraction of sp³-hybridized carbons (Fsp3) is 0.500. The third-order valence-electron chi connectivity index (χ3n) is 4.13. The van der Waals surface area contributed by atoms with E-state index in [2.05, 4.69) is 0 Å². The highest BCUT2D eigenvalue weighted by atomic mass is 35.5. The Hall–Kier alpha value is -1.77. The van der Waals surface area contributed by atoms with Crippen LogP contribution in [0.1, 0.15) is 50.0 Å². The number of benzene rings is 1. The molecule has 0 fully saturated rings. The molecule has 1 N–H and O–H groups in total. The molecule has 0 aliphatic carbocycles. The minimum Gasteiger partial charge on any atom is -0.535 e. The highest BCUT2D eigenvalue weighted by Gasteiger charge is 2.39. The number of ketones is 1. The van der Waals surface area contributed by atoms with Crippen LogP contribution in [0.2, 0.25) is 15.9 Å². The number of rotatable bonds is 5. The smallest absolute Gasteiger partial charge is 0.526 e. The maximum Gasteiger partial charge on any atom is 0.526 e. The lowest BCUT2D eigenvalue weighted by atomic mass is 9.64. The average molecular weight is 431 g/mol. The predicted octanol–water partition coefficient (Wildman–Crippen LogP) is 3.46. The summed E-state index contributed by atoms with van der Waals surface area (Å²) in [6.07, 6.45) is 0.292. The lowest BCUT2D eigenvalue weighted by Gasteiger charge is -2.29. The summed E-state index contributed by atoms with van der Waals surface area (Å²) in [6.45, 7) is 5.82. The molecule has 10 heteroatoms. The molecule has 1 heterocycles. The maximum absolute atomic E-state index is 12.4. The van der Waals surface area contributed by atoms with E-state index < -0.39 is 37.1 Å². The molecule has 1 aliphatic rings. The van der Waals surface area contributed by atoms with Gasteiger partial charge in [-0.1, -0.05) is 23.2 Å². The molecule has 0 saturated carbocycles. The van der Waals surface area contributed by atoms with Crippen molar-refractivity contribution in [2.75, 3.05) is 6.79 Å². The lowest BCUT2D eigenvalue weighted by Crippen LogP contribution is -2.36. The zero-order chi connectivity index (χ0) is 21.2. The third-order valence-corrected chi connectivity index (χ3v) is 4.96. The molecule has 1 atom stereocenters. The van der Waals surface area contributed by atoms with Gasteiger partial charge >= 0.3 is 19.1 Å². The van der Waals surface area contributed by atoms with Crippen LogP contribution < -0.4 is 4.65 Å². The second-order valence-electron chi connectivity index (χ2n) is 7.64. The molecule has 0 saturated heterocycles. The van der Waals surface area contributed by atoms with E-state index in [0.717, 1.165) is 0 Å². The third kappa shape index (κ3) is 5.18. The summed E-state index contributed by atoms with van der Waals surface area (Å²) in [6, 6.07) is 1.26. The summed E-state index contributed by atoms with van der Waals surface area (Å²) in [5.41, 5.74) is -0.394. The van der Waals surface area contributed by atoms with E-state index in [1.165, 1.54) is 13.0 Å². The second kappa shape index (κ2) is 8.72. The van der Waals surface area contributed by atoms with Crippen LogP contribution >= 0.6 is 23.2 Å². The average Bonchev–Trinajstić information content (AvgIpc) is 2.58. The number of ether oxygens (including phenoxy) is 2. The van der Waals surface area contributed by atoms with E-state index in [4.69, 9.17) is 37.3 Å². The monoisotopic (exact) mass is 430 g/mol. The molecular weight excluding hydrogens is 410 g/mol. The number of fused-ring (bicyclic) bond motifs is 1. The first-order valence-corrected chi connectivity index (χ1v) is 9.36. The number of hydrogen-bond acceptors (Lipinski definition) is 7. The quantitative estimate of drug-likeness (QED) is 0.433. The molecule has 0 unspecified atom stereocenters. The molecule has 152 valence electrons. The Bertz CT molecular complexity index is 804. The zero-order valence-corrected chi connectivity index (χ0v) is 17.5. The number of hydrogen-bond donors (Lipinski definition) is 1. The van der Waals surface area contributed by atoms with Gasteiger partial charge in [-0.15, -0.1) is 0 Å². The molecule has 1 aliphatic heterocycles. The van der Waals surface area contributed by atoms with Gasteiger partial charge in [-0.25, -0.2) is 4.79 Å².